The Morgan fingerprint density at radius 3 is 2.80 bits per heavy atom. The lowest BCUT2D eigenvalue weighted by Gasteiger charge is -2.13. The average Bonchev–Trinajstić information content (AvgIpc) is 2.70. The van der Waals surface area contributed by atoms with Gasteiger partial charge >= 0.3 is 0 Å². The van der Waals surface area contributed by atoms with Gasteiger partial charge in [-0.1, -0.05) is 31.5 Å². The van der Waals surface area contributed by atoms with E-state index in [0.29, 0.717) is 13.1 Å². The van der Waals surface area contributed by atoms with E-state index in [4.69, 9.17) is 0 Å². The van der Waals surface area contributed by atoms with E-state index >= 15 is 0 Å². The molecular weight excluding hydrogens is 254 g/mol. The lowest BCUT2D eigenvalue weighted by atomic mass is 10.1. The summed E-state index contributed by atoms with van der Waals surface area (Å²) in [6, 6.07) is 5.58. The van der Waals surface area contributed by atoms with E-state index in [9.17, 15) is 9.59 Å². The molecule has 0 radical (unpaired) electrons. The van der Waals surface area contributed by atoms with Crippen molar-refractivity contribution in [3.05, 3.63) is 29.3 Å². The molecule has 5 nitrogen and oxygen atoms in total. The van der Waals surface area contributed by atoms with E-state index in [1.165, 1.54) is 0 Å². The zero-order valence-corrected chi connectivity index (χ0v) is 12.1. The number of amides is 2. The molecule has 0 spiro atoms. The van der Waals surface area contributed by atoms with Crippen LogP contribution >= 0.6 is 0 Å². The third-order valence-electron chi connectivity index (χ3n) is 3.34. The molecule has 0 saturated heterocycles. The molecule has 1 aromatic carbocycles. The topological polar surface area (TPSA) is 70.2 Å². The highest BCUT2D eigenvalue weighted by atomic mass is 16.2. The average molecular weight is 275 g/mol. The summed E-state index contributed by atoms with van der Waals surface area (Å²) in [4.78, 5) is 23.3. The van der Waals surface area contributed by atoms with E-state index in [2.05, 4.69) is 16.0 Å². The number of fused-ring (bicyclic) bond motifs is 1. The van der Waals surface area contributed by atoms with E-state index in [1.54, 1.807) is 0 Å². The minimum absolute atomic E-state index is 0.0202. The highest BCUT2D eigenvalue weighted by Gasteiger charge is 2.29. The van der Waals surface area contributed by atoms with Crippen molar-refractivity contribution >= 4 is 17.5 Å². The van der Waals surface area contributed by atoms with E-state index < -0.39 is 0 Å². The van der Waals surface area contributed by atoms with Crippen molar-refractivity contribution in [3.8, 4) is 0 Å². The van der Waals surface area contributed by atoms with Gasteiger partial charge in [-0.15, -0.1) is 0 Å². The van der Waals surface area contributed by atoms with Crippen LogP contribution in [0, 0.1) is 12.8 Å². The minimum Gasteiger partial charge on any atom is -0.355 e. The lowest BCUT2D eigenvalue weighted by molar-refractivity contribution is -0.123. The minimum atomic E-state index is -0.333. The zero-order chi connectivity index (χ0) is 14.7. The van der Waals surface area contributed by atoms with Crippen molar-refractivity contribution in [2.45, 2.75) is 26.8 Å². The fourth-order valence-electron chi connectivity index (χ4n) is 2.19. The van der Waals surface area contributed by atoms with Crippen LogP contribution in [-0.4, -0.2) is 24.9 Å². The summed E-state index contributed by atoms with van der Waals surface area (Å²) in [5, 5.41) is 8.86. The summed E-state index contributed by atoms with van der Waals surface area (Å²) >= 11 is 0. The molecule has 2 rings (SSSR count). The van der Waals surface area contributed by atoms with Gasteiger partial charge < -0.3 is 16.0 Å². The Morgan fingerprint density at radius 1 is 1.35 bits per heavy atom. The summed E-state index contributed by atoms with van der Waals surface area (Å²) < 4.78 is 0. The van der Waals surface area contributed by atoms with Gasteiger partial charge in [0.05, 0.1) is 0 Å². The van der Waals surface area contributed by atoms with Crippen LogP contribution in [0.2, 0.25) is 0 Å². The molecule has 1 heterocycles. The Kier molecular flexibility index (Phi) is 4.39. The quantitative estimate of drug-likeness (QED) is 0.710. The second-order valence-electron chi connectivity index (χ2n) is 5.41. The maximum atomic E-state index is 11.9. The summed E-state index contributed by atoms with van der Waals surface area (Å²) in [5.74, 6) is -0.0344. The first-order valence-electron chi connectivity index (χ1n) is 6.91. The predicted molar refractivity (Wildman–Crippen MR) is 78.4 cm³/mol. The third-order valence-corrected chi connectivity index (χ3v) is 3.34. The maximum absolute atomic E-state index is 11.9. The van der Waals surface area contributed by atoms with Crippen molar-refractivity contribution in [1.82, 2.24) is 10.6 Å². The van der Waals surface area contributed by atoms with Gasteiger partial charge in [-0.3, -0.25) is 9.59 Å². The molecule has 1 aromatic rings. The molecule has 5 heteroatoms. The molecule has 2 amide bonds. The highest BCUT2D eigenvalue weighted by Crippen LogP contribution is 2.31. The number of carbonyl (C=O) groups excluding carboxylic acids is 2. The molecule has 0 fully saturated rings. The number of nitrogens with one attached hydrogen (secondary N) is 3. The Morgan fingerprint density at radius 2 is 2.10 bits per heavy atom. The standard InChI is InChI=1S/C15H21N3O2/c1-9(2)14(19)17-7-6-16-13-11-8-10(3)4-5-12(11)18-15(13)20/h4-5,8-9,13,16H,6-7H2,1-3H3,(H,17,19)(H,18,20). The number of hydrogen-bond donors (Lipinski definition) is 3. The van der Waals surface area contributed by atoms with Crippen molar-refractivity contribution in [2.24, 2.45) is 5.92 Å². The molecule has 108 valence electrons. The molecule has 0 bridgehead atoms. The monoisotopic (exact) mass is 275 g/mol. The fourth-order valence-corrected chi connectivity index (χ4v) is 2.19. The van der Waals surface area contributed by atoms with Crippen molar-refractivity contribution < 1.29 is 9.59 Å². The first-order chi connectivity index (χ1) is 9.49. The summed E-state index contributed by atoms with van der Waals surface area (Å²) in [7, 11) is 0. The van der Waals surface area contributed by atoms with Crippen LogP contribution in [0.15, 0.2) is 18.2 Å². The summed E-state index contributed by atoms with van der Waals surface area (Å²) in [6.45, 7) is 6.78. The lowest BCUT2D eigenvalue weighted by Crippen LogP contribution is -2.37. The molecule has 1 aliphatic rings. The molecule has 0 aliphatic carbocycles. The van der Waals surface area contributed by atoms with Gasteiger partial charge in [-0.2, -0.15) is 0 Å². The van der Waals surface area contributed by atoms with Gasteiger partial charge in [-0.25, -0.2) is 0 Å². The van der Waals surface area contributed by atoms with Gasteiger partial charge in [-0.05, 0) is 13.0 Å². The molecule has 0 saturated carbocycles. The number of hydrogen-bond acceptors (Lipinski definition) is 3. The molecule has 1 aliphatic heterocycles. The van der Waals surface area contributed by atoms with Crippen molar-refractivity contribution in [3.63, 3.8) is 0 Å². The Hall–Kier alpha value is -1.88. The first-order valence-corrected chi connectivity index (χ1v) is 6.91. The third kappa shape index (κ3) is 3.17. The molecule has 1 atom stereocenters. The largest absolute Gasteiger partial charge is 0.355 e. The van der Waals surface area contributed by atoms with Crippen LogP contribution < -0.4 is 16.0 Å². The van der Waals surface area contributed by atoms with E-state index in [0.717, 1.165) is 16.8 Å². The summed E-state index contributed by atoms with van der Waals surface area (Å²) in [5.41, 5.74) is 2.97. The SMILES string of the molecule is Cc1ccc2c(c1)C(NCCNC(=O)C(C)C)C(=O)N2. The van der Waals surface area contributed by atoms with Gasteiger partial charge in [0.2, 0.25) is 11.8 Å². The van der Waals surface area contributed by atoms with Gasteiger partial charge in [0.15, 0.2) is 0 Å². The zero-order valence-electron chi connectivity index (χ0n) is 12.1. The smallest absolute Gasteiger partial charge is 0.246 e. The number of anilines is 1. The van der Waals surface area contributed by atoms with Crippen LogP contribution in [0.5, 0.6) is 0 Å². The van der Waals surface area contributed by atoms with Crippen LogP contribution in [0.3, 0.4) is 0 Å². The van der Waals surface area contributed by atoms with Crippen LogP contribution in [0.25, 0.3) is 0 Å². The van der Waals surface area contributed by atoms with Crippen molar-refractivity contribution in [2.75, 3.05) is 18.4 Å². The van der Waals surface area contributed by atoms with Gasteiger partial charge in [0, 0.05) is 30.3 Å². The van der Waals surface area contributed by atoms with Gasteiger partial charge in [0.25, 0.3) is 0 Å². The second kappa shape index (κ2) is 6.05. The molecule has 0 aromatic heterocycles. The molecular formula is C15H21N3O2. The molecule has 20 heavy (non-hydrogen) atoms. The number of aryl methyl sites for hydroxylation is 1. The van der Waals surface area contributed by atoms with Crippen molar-refractivity contribution in [1.29, 1.82) is 0 Å². The Bertz CT molecular complexity index is 526. The number of benzene rings is 1. The number of carbonyl (C=O) groups is 2. The Labute approximate surface area is 119 Å². The molecule has 1 unspecified atom stereocenters. The normalized spacial score (nSPS) is 17.0. The maximum Gasteiger partial charge on any atom is 0.246 e. The van der Waals surface area contributed by atoms with E-state index in [1.807, 2.05) is 39.0 Å². The Balaban J connectivity index is 1.90. The number of rotatable bonds is 5. The summed E-state index contributed by atoms with van der Waals surface area (Å²) in [6.07, 6.45) is 0. The van der Waals surface area contributed by atoms with Crippen LogP contribution in [0.4, 0.5) is 5.69 Å². The van der Waals surface area contributed by atoms with Crippen LogP contribution in [0.1, 0.15) is 31.0 Å². The van der Waals surface area contributed by atoms with Crippen LogP contribution in [-0.2, 0) is 9.59 Å². The van der Waals surface area contributed by atoms with Gasteiger partial charge in [0.1, 0.15) is 6.04 Å². The predicted octanol–water partition coefficient (Wildman–Crippen LogP) is 1.35. The second-order valence-corrected chi connectivity index (χ2v) is 5.41. The highest BCUT2D eigenvalue weighted by molar-refractivity contribution is 6.02. The first kappa shape index (κ1) is 14.5. The van der Waals surface area contributed by atoms with E-state index in [-0.39, 0.29) is 23.8 Å². The fraction of sp³-hybridized carbons (Fsp3) is 0.467. The molecule has 3 N–H and O–H groups in total.